The molecule has 4 heteroatoms. The summed E-state index contributed by atoms with van der Waals surface area (Å²) < 4.78 is 0. The highest BCUT2D eigenvalue weighted by Crippen LogP contribution is 2.16. The number of hydrogen-bond acceptors (Lipinski definition) is 2. The van der Waals surface area contributed by atoms with Gasteiger partial charge in [-0.2, -0.15) is 0 Å². The molecule has 1 aromatic carbocycles. The monoisotopic (exact) mass is 269 g/mol. The number of aliphatic hydroxyl groups is 1. The Bertz CT molecular complexity index is 393. The minimum atomic E-state index is -0.0842. The number of nitrogens with one attached hydrogen (secondary N) is 1. The van der Waals surface area contributed by atoms with Crippen molar-refractivity contribution in [1.29, 1.82) is 0 Å². The van der Waals surface area contributed by atoms with E-state index < -0.39 is 0 Å². The van der Waals surface area contributed by atoms with Crippen molar-refractivity contribution in [3.63, 3.8) is 0 Å². The van der Waals surface area contributed by atoms with E-state index in [2.05, 4.69) is 5.32 Å². The lowest BCUT2D eigenvalue weighted by atomic mass is 10.1. The van der Waals surface area contributed by atoms with Crippen molar-refractivity contribution in [3.05, 3.63) is 34.3 Å². The van der Waals surface area contributed by atoms with Crippen LogP contribution in [-0.2, 0) is 0 Å². The van der Waals surface area contributed by atoms with E-state index in [9.17, 15) is 4.79 Å². The Morgan fingerprint density at radius 1 is 1.28 bits per heavy atom. The molecule has 0 atom stereocenters. The Balaban J connectivity index is 2.30. The summed E-state index contributed by atoms with van der Waals surface area (Å²) in [5, 5.41) is 12.1. The van der Waals surface area contributed by atoms with Crippen molar-refractivity contribution in [2.75, 3.05) is 13.2 Å². The van der Waals surface area contributed by atoms with Crippen LogP contribution < -0.4 is 5.32 Å². The summed E-state index contributed by atoms with van der Waals surface area (Å²) in [5.41, 5.74) is 1.57. The first-order valence-electron chi connectivity index (χ1n) is 6.30. The van der Waals surface area contributed by atoms with Crippen LogP contribution in [0.5, 0.6) is 0 Å². The first-order valence-corrected chi connectivity index (χ1v) is 6.68. The number of amides is 1. The first kappa shape index (κ1) is 15.0. The Hall–Kier alpha value is -1.06. The van der Waals surface area contributed by atoms with Gasteiger partial charge >= 0.3 is 0 Å². The third-order valence-corrected chi connectivity index (χ3v) is 3.21. The maximum Gasteiger partial charge on any atom is 0.251 e. The smallest absolute Gasteiger partial charge is 0.251 e. The van der Waals surface area contributed by atoms with Crippen LogP contribution in [0.1, 0.15) is 41.6 Å². The number of carbonyl (C=O) groups excluding carboxylic acids is 1. The van der Waals surface area contributed by atoms with E-state index in [0.29, 0.717) is 17.1 Å². The summed E-state index contributed by atoms with van der Waals surface area (Å²) in [4.78, 5) is 11.8. The second-order valence-electron chi connectivity index (χ2n) is 4.36. The Morgan fingerprint density at radius 2 is 2.00 bits per heavy atom. The zero-order valence-electron chi connectivity index (χ0n) is 10.7. The second kappa shape index (κ2) is 8.11. The minimum absolute atomic E-state index is 0.0842. The van der Waals surface area contributed by atoms with Gasteiger partial charge < -0.3 is 10.4 Å². The summed E-state index contributed by atoms with van der Waals surface area (Å²) in [6.45, 7) is 2.81. The molecule has 0 aromatic heterocycles. The van der Waals surface area contributed by atoms with E-state index >= 15 is 0 Å². The van der Waals surface area contributed by atoms with Gasteiger partial charge in [-0.05, 0) is 37.5 Å². The molecule has 1 aromatic rings. The molecule has 0 radical (unpaired) electrons. The van der Waals surface area contributed by atoms with Crippen LogP contribution in [0.15, 0.2) is 18.2 Å². The maximum atomic E-state index is 11.8. The number of unbranched alkanes of at least 4 members (excludes halogenated alkanes) is 3. The molecular formula is C14H20ClNO2. The van der Waals surface area contributed by atoms with Crippen LogP contribution in [-0.4, -0.2) is 24.2 Å². The van der Waals surface area contributed by atoms with Crippen molar-refractivity contribution >= 4 is 17.5 Å². The fraction of sp³-hybridized carbons (Fsp3) is 0.500. The standard InChI is InChI=1S/C14H20ClNO2/c1-11-6-7-12(10-13(11)15)14(18)16-8-4-2-3-5-9-17/h6-7,10,17H,2-5,8-9H2,1H3,(H,16,18). The Labute approximate surface area is 113 Å². The highest BCUT2D eigenvalue weighted by atomic mass is 35.5. The van der Waals surface area contributed by atoms with Gasteiger partial charge in [0.2, 0.25) is 0 Å². The van der Waals surface area contributed by atoms with Crippen molar-refractivity contribution in [2.45, 2.75) is 32.6 Å². The van der Waals surface area contributed by atoms with Gasteiger partial charge in [-0.1, -0.05) is 30.5 Å². The van der Waals surface area contributed by atoms with Crippen molar-refractivity contribution in [1.82, 2.24) is 5.32 Å². The normalized spacial score (nSPS) is 10.4. The molecule has 3 nitrogen and oxygen atoms in total. The molecule has 2 N–H and O–H groups in total. The third kappa shape index (κ3) is 5.07. The van der Waals surface area contributed by atoms with E-state index in [0.717, 1.165) is 31.2 Å². The molecule has 1 rings (SSSR count). The summed E-state index contributed by atoms with van der Waals surface area (Å²) in [6.07, 6.45) is 3.80. The SMILES string of the molecule is Cc1ccc(C(=O)NCCCCCCO)cc1Cl. The fourth-order valence-corrected chi connectivity index (χ4v) is 1.81. The molecule has 100 valence electrons. The molecule has 0 heterocycles. The van der Waals surface area contributed by atoms with Gasteiger partial charge in [-0.25, -0.2) is 0 Å². The van der Waals surface area contributed by atoms with Gasteiger partial charge in [0.1, 0.15) is 0 Å². The minimum Gasteiger partial charge on any atom is -0.396 e. The molecule has 18 heavy (non-hydrogen) atoms. The number of hydrogen-bond donors (Lipinski definition) is 2. The lowest BCUT2D eigenvalue weighted by Gasteiger charge is -2.06. The van der Waals surface area contributed by atoms with E-state index in [1.807, 2.05) is 13.0 Å². The average Bonchev–Trinajstić information content (AvgIpc) is 2.36. The first-order chi connectivity index (χ1) is 8.65. The maximum absolute atomic E-state index is 11.8. The zero-order valence-corrected chi connectivity index (χ0v) is 11.5. The van der Waals surface area contributed by atoms with Gasteiger partial charge in [0.25, 0.3) is 5.91 Å². The van der Waals surface area contributed by atoms with Crippen LogP contribution in [0.3, 0.4) is 0 Å². The van der Waals surface area contributed by atoms with E-state index in [-0.39, 0.29) is 12.5 Å². The van der Waals surface area contributed by atoms with Gasteiger partial charge in [0, 0.05) is 23.7 Å². The average molecular weight is 270 g/mol. The molecule has 0 saturated heterocycles. The van der Waals surface area contributed by atoms with Crippen molar-refractivity contribution in [3.8, 4) is 0 Å². The highest BCUT2D eigenvalue weighted by molar-refractivity contribution is 6.31. The molecule has 0 aliphatic heterocycles. The quantitative estimate of drug-likeness (QED) is 0.748. The summed E-state index contributed by atoms with van der Waals surface area (Å²) in [6, 6.07) is 5.32. The molecule has 0 aliphatic carbocycles. The van der Waals surface area contributed by atoms with Crippen LogP contribution in [0.2, 0.25) is 5.02 Å². The lowest BCUT2D eigenvalue weighted by Crippen LogP contribution is -2.24. The molecular weight excluding hydrogens is 250 g/mol. The largest absolute Gasteiger partial charge is 0.396 e. The van der Waals surface area contributed by atoms with Gasteiger partial charge in [-0.15, -0.1) is 0 Å². The summed E-state index contributed by atoms with van der Waals surface area (Å²) in [7, 11) is 0. The molecule has 0 unspecified atom stereocenters. The number of halogens is 1. The van der Waals surface area contributed by atoms with Crippen LogP contribution in [0, 0.1) is 6.92 Å². The summed E-state index contributed by atoms with van der Waals surface area (Å²) >= 11 is 5.97. The number of aryl methyl sites for hydroxylation is 1. The third-order valence-electron chi connectivity index (χ3n) is 2.80. The van der Waals surface area contributed by atoms with Gasteiger partial charge in [0.15, 0.2) is 0 Å². The fourth-order valence-electron chi connectivity index (χ4n) is 1.63. The highest BCUT2D eigenvalue weighted by Gasteiger charge is 2.06. The van der Waals surface area contributed by atoms with Crippen molar-refractivity contribution in [2.24, 2.45) is 0 Å². The molecule has 0 bridgehead atoms. The second-order valence-corrected chi connectivity index (χ2v) is 4.76. The van der Waals surface area contributed by atoms with E-state index in [1.54, 1.807) is 12.1 Å². The van der Waals surface area contributed by atoms with Crippen LogP contribution in [0.4, 0.5) is 0 Å². The Kier molecular flexibility index (Phi) is 6.76. The molecule has 0 aliphatic rings. The lowest BCUT2D eigenvalue weighted by molar-refractivity contribution is 0.0953. The Morgan fingerprint density at radius 3 is 2.67 bits per heavy atom. The molecule has 0 saturated carbocycles. The summed E-state index contributed by atoms with van der Waals surface area (Å²) in [5.74, 6) is -0.0842. The van der Waals surface area contributed by atoms with Gasteiger partial charge in [-0.3, -0.25) is 4.79 Å². The molecule has 1 amide bonds. The van der Waals surface area contributed by atoms with E-state index in [4.69, 9.17) is 16.7 Å². The zero-order chi connectivity index (χ0) is 13.4. The number of carbonyl (C=O) groups is 1. The van der Waals surface area contributed by atoms with Crippen LogP contribution in [0.25, 0.3) is 0 Å². The van der Waals surface area contributed by atoms with Crippen LogP contribution >= 0.6 is 11.6 Å². The molecule has 0 fully saturated rings. The predicted molar refractivity (Wildman–Crippen MR) is 74.1 cm³/mol. The number of rotatable bonds is 7. The number of aliphatic hydroxyl groups excluding tert-OH is 1. The van der Waals surface area contributed by atoms with Gasteiger partial charge in [0.05, 0.1) is 0 Å². The predicted octanol–water partition coefficient (Wildman–Crippen LogP) is 2.93. The van der Waals surface area contributed by atoms with E-state index in [1.165, 1.54) is 0 Å². The van der Waals surface area contributed by atoms with Crippen molar-refractivity contribution < 1.29 is 9.90 Å². The topological polar surface area (TPSA) is 49.3 Å². The number of benzene rings is 1. The molecule has 0 spiro atoms.